The molecule has 3 atom stereocenters. The van der Waals surface area contributed by atoms with Crippen molar-refractivity contribution in [3.63, 3.8) is 0 Å². The van der Waals surface area contributed by atoms with Crippen LogP contribution in [0.5, 0.6) is 0 Å². The van der Waals surface area contributed by atoms with E-state index in [2.05, 4.69) is 5.32 Å². The highest BCUT2D eigenvalue weighted by atomic mass is 16.2. The van der Waals surface area contributed by atoms with Crippen molar-refractivity contribution < 1.29 is 19.2 Å². The van der Waals surface area contributed by atoms with E-state index in [0.717, 1.165) is 11.3 Å². The molecule has 1 N–H and O–H groups in total. The third-order valence-electron chi connectivity index (χ3n) is 7.19. The number of hydrogen-bond donors (Lipinski definition) is 1. The van der Waals surface area contributed by atoms with Gasteiger partial charge in [0.15, 0.2) is 5.78 Å². The SMILES string of the molecule is Cc1cccc(C(=O)N2CC(=O)C3C2CCN3C(=O)C(CC(C)C)NC(=O)c2ccc(N(C)C)cc2)c1. The fraction of sp³-hybridized carbons (Fsp3) is 0.448. The first kappa shape index (κ1) is 26.4. The topological polar surface area (TPSA) is 90.0 Å². The van der Waals surface area contributed by atoms with Crippen molar-refractivity contribution in [2.75, 3.05) is 32.1 Å². The number of nitrogens with zero attached hydrogens (tertiary/aromatic N) is 3. The van der Waals surface area contributed by atoms with E-state index in [0.29, 0.717) is 30.5 Å². The Bertz CT molecular complexity index is 1190. The Labute approximate surface area is 218 Å². The highest BCUT2D eigenvalue weighted by molar-refractivity contribution is 6.03. The van der Waals surface area contributed by atoms with E-state index < -0.39 is 12.1 Å². The summed E-state index contributed by atoms with van der Waals surface area (Å²) in [4.78, 5) is 58.2. The van der Waals surface area contributed by atoms with Gasteiger partial charge in [-0.15, -0.1) is 0 Å². The molecule has 2 aliphatic heterocycles. The first-order chi connectivity index (χ1) is 17.6. The summed E-state index contributed by atoms with van der Waals surface area (Å²) in [6.07, 6.45) is 0.989. The van der Waals surface area contributed by atoms with Crippen molar-refractivity contribution in [2.24, 2.45) is 5.92 Å². The number of fused-ring (bicyclic) bond motifs is 1. The number of Topliss-reactive ketones (excluding diaryl/α,β-unsaturated/α-hetero) is 1. The number of hydrogen-bond acceptors (Lipinski definition) is 5. The summed E-state index contributed by atoms with van der Waals surface area (Å²) in [5.41, 5.74) is 2.96. The molecule has 2 aromatic carbocycles. The van der Waals surface area contributed by atoms with Crippen molar-refractivity contribution >= 4 is 29.2 Å². The lowest BCUT2D eigenvalue weighted by atomic mass is 10.0. The van der Waals surface area contributed by atoms with Gasteiger partial charge in [0.1, 0.15) is 12.1 Å². The smallest absolute Gasteiger partial charge is 0.254 e. The molecule has 2 aliphatic rings. The Balaban J connectivity index is 1.50. The van der Waals surface area contributed by atoms with Crippen molar-refractivity contribution in [1.29, 1.82) is 0 Å². The van der Waals surface area contributed by atoms with Crippen LogP contribution in [0.2, 0.25) is 0 Å². The predicted octanol–water partition coefficient (Wildman–Crippen LogP) is 2.90. The molecule has 3 unspecified atom stereocenters. The maximum atomic E-state index is 13.7. The summed E-state index contributed by atoms with van der Waals surface area (Å²) in [5, 5.41) is 2.92. The fourth-order valence-corrected chi connectivity index (χ4v) is 5.33. The minimum Gasteiger partial charge on any atom is -0.378 e. The number of benzene rings is 2. The number of nitrogens with one attached hydrogen (secondary N) is 1. The number of amides is 3. The number of aryl methyl sites for hydroxylation is 1. The quantitative estimate of drug-likeness (QED) is 0.626. The van der Waals surface area contributed by atoms with Gasteiger partial charge in [-0.2, -0.15) is 0 Å². The van der Waals surface area contributed by atoms with E-state index in [-0.39, 0.29) is 42.0 Å². The maximum absolute atomic E-state index is 13.7. The van der Waals surface area contributed by atoms with Crippen LogP contribution in [0, 0.1) is 12.8 Å². The zero-order chi connectivity index (χ0) is 26.9. The summed E-state index contributed by atoms with van der Waals surface area (Å²) in [5.74, 6) is -0.757. The van der Waals surface area contributed by atoms with Crippen LogP contribution < -0.4 is 10.2 Å². The second-order valence-electron chi connectivity index (χ2n) is 10.7. The summed E-state index contributed by atoms with van der Waals surface area (Å²) in [7, 11) is 3.85. The molecule has 2 saturated heterocycles. The number of rotatable bonds is 7. The average Bonchev–Trinajstić information content (AvgIpc) is 3.43. The number of anilines is 1. The molecule has 2 fully saturated rings. The maximum Gasteiger partial charge on any atom is 0.254 e. The average molecular weight is 505 g/mol. The van der Waals surface area contributed by atoms with E-state index in [1.807, 2.05) is 70.1 Å². The van der Waals surface area contributed by atoms with Crippen molar-refractivity contribution in [3.05, 3.63) is 65.2 Å². The van der Waals surface area contributed by atoms with Crippen molar-refractivity contribution in [3.8, 4) is 0 Å². The molecule has 0 bridgehead atoms. The number of carbonyl (C=O) groups excluding carboxylic acids is 4. The standard InChI is InChI=1S/C29H36N4O4/c1-18(2)15-23(30-27(35)20-9-11-22(12-10-20)31(4)5)29(37)32-14-13-24-26(32)25(34)17-33(24)28(36)21-8-6-7-19(3)16-21/h6-12,16,18,23-24,26H,13-15,17H2,1-5H3,(H,30,35). The van der Waals surface area contributed by atoms with Crippen LogP contribution in [0.15, 0.2) is 48.5 Å². The van der Waals surface area contributed by atoms with E-state index in [1.54, 1.807) is 28.0 Å². The Morgan fingerprint density at radius 1 is 1.03 bits per heavy atom. The molecule has 4 rings (SSSR count). The summed E-state index contributed by atoms with van der Waals surface area (Å²) in [6, 6.07) is 12.7. The second-order valence-corrected chi connectivity index (χ2v) is 10.7. The Hall–Kier alpha value is -3.68. The lowest BCUT2D eigenvalue weighted by molar-refractivity contribution is -0.138. The van der Waals surface area contributed by atoms with Crippen LogP contribution in [-0.4, -0.2) is 78.6 Å². The van der Waals surface area contributed by atoms with E-state index >= 15 is 0 Å². The van der Waals surface area contributed by atoms with Gasteiger partial charge in [-0.1, -0.05) is 31.5 Å². The van der Waals surface area contributed by atoms with Crippen molar-refractivity contribution in [2.45, 2.75) is 51.7 Å². The molecule has 37 heavy (non-hydrogen) atoms. The molecule has 8 heteroatoms. The van der Waals surface area contributed by atoms with Gasteiger partial charge in [0, 0.05) is 37.5 Å². The van der Waals surface area contributed by atoms with E-state index in [1.165, 1.54) is 0 Å². The molecule has 2 aromatic rings. The zero-order valence-corrected chi connectivity index (χ0v) is 22.2. The molecule has 0 spiro atoms. The fourth-order valence-electron chi connectivity index (χ4n) is 5.33. The van der Waals surface area contributed by atoms with Crippen molar-refractivity contribution in [1.82, 2.24) is 15.1 Å². The predicted molar refractivity (Wildman–Crippen MR) is 143 cm³/mol. The molecule has 8 nitrogen and oxygen atoms in total. The Morgan fingerprint density at radius 3 is 2.35 bits per heavy atom. The lowest BCUT2D eigenvalue weighted by Gasteiger charge is -2.29. The summed E-state index contributed by atoms with van der Waals surface area (Å²) >= 11 is 0. The lowest BCUT2D eigenvalue weighted by Crippen LogP contribution is -2.53. The molecule has 0 aromatic heterocycles. The number of carbonyl (C=O) groups is 4. The number of likely N-dealkylation sites (tertiary alicyclic amines) is 2. The molecule has 0 radical (unpaired) electrons. The third kappa shape index (κ3) is 5.53. The van der Waals surface area contributed by atoms with Crippen LogP contribution in [0.25, 0.3) is 0 Å². The first-order valence-electron chi connectivity index (χ1n) is 12.9. The molecule has 0 saturated carbocycles. The van der Waals surface area contributed by atoms with Crippen LogP contribution in [0.1, 0.15) is 53.0 Å². The van der Waals surface area contributed by atoms with E-state index in [4.69, 9.17) is 0 Å². The minimum atomic E-state index is -0.755. The molecule has 3 amide bonds. The zero-order valence-electron chi connectivity index (χ0n) is 22.2. The van der Waals surface area contributed by atoms with Gasteiger partial charge in [-0.05, 0) is 62.1 Å². The minimum absolute atomic E-state index is 0.00861. The first-order valence-corrected chi connectivity index (χ1v) is 12.9. The second kappa shape index (κ2) is 10.7. The molecule has 0 aliphatic carbocycles. The van der Waals surface area contributed by atoms with Crippen LogP contribution >= 0.6 is 0 Å². The van der Waals surface area contributed by atoms with Gasteiger partial charge in [0.2, 0.25) is 5.91 Å². The molecular formula is C29H36N4O4. The Morgan fingerprint density at radius 2 is 1.73 bits per heavy atom. The third-order valence-corrected chi connectivity index (χ3v) is 7.19. The van der Waals surface area contributed by atoms with Gasteiger partial charge in [-0.3, -0.25) is 19.2 Å². The normalized spacial score (nSPS) is 19.7. The molecule has 196 valence electrons. The molecule has 2 heterocycles. The summed E-state index contributed by atoms with van der Waals surface area (Å²) in [6.45, 7) is 6.28. The van der Waals surface area contributed by atoms with Gasteiger partial charge in [0.25, 0.3) is 11.8 Å². The monoisotopic (exact) mass is 504 g/mol. The van der Waals surface area contributed by atoms with Gasteiger partial charge < -0.3 is 20.0 Å². The highest BCUT2D eigenvalue weighted by Gasteiger charge is 2.52. The largest absolute Gasteiger partial charge is 0.378 e. The highest BCUT2D eigenvalue weighted by Crippen LogP contribution is 2.32. The van der Waals surface area contributed by atoms with E-state index in [9.17, 15) is 19.2 Å². The molecular weight excluding hydrogens is 468 g/mol. The van der Waals surface area contributed by atoms with Gasteiger partial charge in [0.05, 0.1) is 12.6 Å². The Kier molecular flexibility index (Phi) is 7.66. The number of ketones is 1. The van der Waals surface area contributed by atoms with Gasteiger partial charge >= 0.3 is 0 Å². The van der Waals surface area contributed by atoms with Crippen LogP contribution in [-0.2, 0) is 9.59 Å². The summed E-state index contributed by atoms with van der Waals surface area (Å²) < 4.78 is 0. The van der Waals surface area contributed by atoms with Crippen LogP contribution in [0.4, 0.5) is 5.69 Å². The van der Waals surface area contributed by atoms with Crippen LogP contribution in [0.3, 0.4) is 0 Å². The van der Waals surface area contributed by atoms with Gasteiger partial charge in [-0.25, -0.2) is 0 Å².